The van der Waals surface area contributed by atoms with Gasteiger partial charge in [0.2, 0.25) is 0 Å². The number of rotatable bonds is 3. The molecule has 8 heteroatoms. The number of allylic oxidation sites excluding steroid dienone is 6. The fraction of sp³-hybridized carbons (Fsp3) is 0.828. The summed E-state index contributed by atoms with van der Waals surface area (Å²) in [7, 11) is 0. The first-order valence-electron chi connectivity index (χ1n) is 27.2. The smallest absolute Gasteiger partial charge is 0.302 e. The van der Waals surface area contributed by atoms with Crippen LogP contribution in [0.3, 0.4) is 0 Å². The molecular weight excluding hydrogens is 825 g/mol. The topological polar surface area (TPSA) is 89.5 Å². The molecule has 4 aliphatic heterocycles. The molecule has 362 valence electrons. The molecule has 4 saturated carbocycles. The highest BCUT2D eigenvalue weighted by atomic mass is 16.7. The molecule has 8 fully saturated rings. The molecule has 66 heavy (non-hydrogen) atoms. The van der Waals surface area contributed by atoms with Gasteiger partial charge in [0.25, 0.3) is 0 Å². The number of fused-ring (bicyclic) bond motifs is 12. The van der Waals surface area contributed by atoms with Crippen molar-refractivity contribution in [3.63, 3.8) is 0 Å². The minimum Gasteiger partial charge on any atom is -0.462 e. The fourth-order valence-corrected chi connectivity index (χ4v) is 19.2. The second kappa shape index (κ2) is 15.1. The van der Waals surface area contributed by atoms with E-state index < -0.39 is 11.6 Å². The lowest BCUT2D eigenvalue weighted by atomic mass is 9.47. The number of carbonyl (C=O) groups excluding carboxylic acids is 2. The maximum Gasteiger partial charge on any atom is 0.302 e. The Kier molecular flexibility index (Phi) is 10.3. The molecule has 20 atom stereocenters. The molecule has 0 bridgehead atoms. The van der Waals surface area contributed by atoms with Gasteiger partial charge < -0.3 is 28.4 Å². The minimum absolute atomic E-state index is 0.0445. The maximum absolute atomic E-state index is 12.5. The zero-order valence-corrected chi connectivity index (χ0v) is 42.2. The summed E-state index contributed by atoms with van der Waals surface area (Å²) in [5.74, 6) is 2.78. The summed E-state index contributed by atoms with van der Waals surface area (Å²) in [6.07, 6.45) is 22.3. The number of esters is 2. The van der Waals surface area contributed by atoms with Crippen LogP contribution in [-0.4, -0.2) is 61.1 Å². The zero-order valence-electron chi connectivity index (χ0n) is 42.2. The van der Waals surface area contributed by atoms with Crippen molar-refractivity contribution in [1.82, 2.24) is 0 Å². The van der Waals surface area contributed by atoms with Gasteiger partial charge in [0.05, 0.1) is 25.4 Å². The van der Waals surface area contributed by atoms with E-state index in [9.17, 15) is 9.59 Å². The third kappa shape index (κ3) is 6.20. The van der Waals surface area contributed by atoms with E-state index in [1.165, 1.54) is 36.8 Å². The van der Waals surface area contributed by atoms with Gasteiger partial charge >= 0.3 is 11.9 Å². The number of hydrogen-bond donors (Lipinski definition) is 0. The SMILES string of the molecule is CC(=O)O[C@@H]1CC[C@@]2(C)C(=C[C@@H]([C@H]3C=C4C[C@H](OC(C)=O)CC[C@@]4(C)C4=C3[C@H]3C[C@@H]5O[C@]6(CC[C@H](C)CO6)[C@@H](C)[C@H]5[C@]3(C)CC4)C3=C2CC[C@@]2(C)[C@@H]4[C@H](C[C@@H]32)O[C@]2(CC[C@H](C)CO2)[C@@H]4C)C1. The van der Waals surface area contributed by atoms with Crippen molar-refractivity contribution >= 4 is 11.9 Å². The van der Waals surface area contributed by atoms with Crippen molar-refractivity contribution < 1.29 is 38.0 Å². The van der Waals surface area contributed by atoms with Gasteiger partial charge in [0.1, 0.15) is 12.2 Å². The van der Waals surface area contributed by atoms with E-state index in [1.54, 1.807) is 36.1 Å². The second-order valence-corrected chi connectivity index (χ2v) is 26.0. The Hall–Kier alpha value is -2.26. The van der Waals surface area contributed by atoms with Crippen LogP contribution >= 0.6 is 0 Å². The van der Waals surface area contributed by atoms with E-state index in [4.69, 9.17) is 28.4 Å². The van der Waals surface area contributed by atoms with Gasteiger partial charge in [-0.15, -0.1) is 0 Å². The van der Waals surface area contributed by atoms with Crippen molar-refractivity contribution in [2.45, 2.75) is 208 Å². The minimum atomic E-state index is -0.451. The molecule has 12 rings (SSSR count). The maximum atomic E-state index is 12.5. The molecule has 0 amide bonds. The first-order valence-corrected chi connectivity index (χ1v) is 27.2. The molecule has 0 unspecified atom stereocenters. The van der Waals surface area contributed by atoms with Crippen LogP contribution in [0.15, 0.2) is 45.6 Å². The molecule has 2 spiro atoms. The molecule has 4 saturated heterocycles. The lowest BCUT2D eigenvalue weighted by Gasteiger charge is -2.58. The average Bonchev–Trinajstić information content (AvgIpc) is 3.92. The van der Waals surface area contributed by atoms with Crippen LogP contribution < -0.4 is 0 Å². The highest BCUT2D eigenvalue weighted by molar-refractivity contribution is 5.66. The molecule has 8 nitrogen and oxygen atoms in total. The fourth-order valence-electron chi connectivity index (χ4n) is 19.2. The Labute approximate surface area is 396 Å². The molecule has 12 aliphatic rings. The monoisotopic (exact) mass is 907 g/mol. The van der Waals surface area contributed by atoms with Crippen LogP contribution in [0.2, 0.25) is 0 Å². The summed E-state index contributed by atoms with van der Waals surface area (Å²) in [5, 5.41) is 0. The molecule has 0 aromatic heterocycles. The van der Waals surface area contributed by atoms with E-state index in [0.29, 0.717) is 47.3 Å². The first-order chi connectivity index (χ1) is 31.3. The Morgan fingerprint density at radius 2 is 0.985 bits per heavy atom. The quantitative estimate of drug-likeness (QED) is 0.204. The van der Waals surface area contributed by atoms with Gasteiger partial charge in [-0.1, -0.05) is 101 Å². The summed E-state index contributed by atoms with van der Waals surface area (Å²) >= 11 is 0. The predicted octanol–water partition coefficient (Wildman–Crippen LogP) is 12.2. The van der Waals surface area contributed by atoms with E-state index in [0.717, 1.165) is 90.3 Å². The van der Waals surface area contributed by atoms with Gasteiger partial charge in [0, 0.05) is 74.0 Å². The Balaban J connectivity index is 0.992. The van der Waals surface area contributed by atoms with Gasteiger partial charge in [0.15, 0.2) is 11.6 Å². The van der Waals surface area contributed by atoms with Crippen LogP contribution in [0.25, 0.3) is 0 Å². The predicted molar refractivity (Wildman–Crippen MR) is 252 cm³/mol. The first kappa shape index (κ1) is 44.9. The van der Waals surface area contributed by atoms with Crippen molar-refractivity contribution in [3.8, 4) is 0 Å². The lowest BCUT2D eigenvalue weighted by molar-refractivity contribution is -0.271. The average molecular weight is 907 g/mol. The summed E-state index contributed by atoms with van der Waals surface area (Å²) in [5.41, 5.74) is 10.0. The molecule has 4 heterocycles. The molecule has 0 aromatic rings. The van der Waals surface area contributed by atoms with Crippen LogP contribution in [0, 0.1) is 80.8 Å². The number of ether oxygens (including phenoxy) is 6. The van der Waals surface area contributed by atoms with Gasteiger partial charge in [-0.25, -0.2) is 0 Å². The van der Waals surface area contributed by atoms with Gasteiger partial charge in [-0.05, 0) is 123 Å². The van der Waals surface area contributed by atoms with Crippen molar-refractivity contribution in [1.29, 1.82) is 0 Å². The largest absolute Gasteiger partial charge is 0.462 e. The number of carbonyl (C=O) groups is 2. The standard InChI is InChI=1S/C58H82O8/c1-31-11-21-57(61-29-31)33(3)51-47(65-57)27-45-49-41(25-37-23-39(63-35(5)59)13-17-53(37,7)43(49)15-19-55(45,51)9)42-26-38-24-40(64-36(6)60)14-18-54(38,8)44-16-20-56(10)46(50(42)44)28-48-52(56)34(4)58(66-48)22-12-32(2)30-62-58/h25-26,31-34,39-42,45-48,51-52H,11-24,27-30H2,1-10H3/t31-,32-,33-,34+,39+,40+,41+,42-,45+,46-,47-,48-,51+,52-,53+,54-,55+,56+,57+,58+/m0/s1. The molecule has 0 N–H and O–H groups in total. The van der Waals surface area contributed by atoms with Crippen molar-refractivity contribution in [3.05, 3.63) is 45.6 Å². The normalized spacial score (nSPS) is 53.4. The van der Waals surface area contributed by atoms with Crippen LogP contribution in [0.5, 0.6) is 0 Å². The van der Waals surface area contributed by atoms with E-state index in [2.05, 4.69) is 67.5 Å². The van der Waals surface area contributed by atoms with E-state index in [-0.39, 0.29) is 69.9 Å². The van der Waals surface area contributed by atoms with E-state index in [1.807, 2.05) is 0 Å². The molecule has 0 radical (unpaired) electrons. The molecule has 8 aliphatic carbocycles. The number of hydrogen-bond acceptors (Lipinski definition) is 8. The zero-order chi connectivity index (χ0) is 46.1. The van der Waals surface area contributed by atoms with Crippen LogP contribution in [-0.2, 0) is 38.0 Å². The Morgan fingerprint density at radius 1 is 0.576 bits per heavy atom. The summed E-state index contributed by atoms with van der Waals surface area (Å²) in [4.78, 5) is 25.1. The van der Waals surface area contributed by atoms with Gasteiger partial charge in [-0.3, -0.25) is 9.59 Å². The third-order valence-corrected chi connectivity index (χ3v) is 22.6. The lowest BCUT2D eigenvalue weighted by Crippen LogP contribution is -2.50. The summed E-state index contributed by atoms with van der Waals surface area (Å²) < 4.78 is 40.5. The summed E-state index contributed by atoms with van der Waals surface area (Å²) in [6, 6.07) is 0. The third-order valence-electron chi connectivity index (χ3n) is 22.6. The van der Waals surface area contributed by atoms with Crippen LogP contribution in [0.1, 0.15) is 172 Å². The van der Waals surface area contributed by atoms with Crippen molar-refractivity contribution in [2.24, 2.45) is 80.8 Å². The molecular formula is C58H82O8. The van der Waals surface area contributed by atoms with E-state index >= 15 is 0 Å². The van der Waals surface area contributed by atoms with Crippen LogP contribution in [0.4, 0.5) is 0 Å². The highest BCUT2D eigenvalue weighted by Crippen LogP contribution is 2.74. The summed E-state index contributed by atoms with van der Waals surface area (Å²) in [6.45, 7) is 24.8. The highest BCUT2D eigenvalue weighted by Gasteiger charge is 2.70. The van der Waals surface area contributed by atoms with Gasteiger partial charge in [-0.2, -0.15) is 0 Å². The Bertz CT molecular complexity index is 2030. The second-order valence-electron chi connectivity index (χ2n) is 26.0. The Morgan fingerprint density at radius 3 is 1.35 bits per heavy atom. The molecule has 0 aromatic carbocycles. The van der Waals surface area contributed by atoms with Crippen molar-refractivity contribution in [2.75, 3.05) is 13.2 Å².